The molecule has 1 saturated heterocycles. The second kappa shape index (κ2) is 6.55. The predicted octanol–water partition coefficient (Wildman–Crippen LogP) is 2.26. The van der Waals surface area contributed by atoms with Crippen molar-refractivity contribution < 1.29 is 9.59 Å². The van der Waals surface area contributed by atoms with Crippen molar-refractivity contribution in [2.24, 2.45) is 0 Å². The van der Waals surface area contributed by atoms with Crippen molar-refractivity contribution in [2.75, 3.05) is 6.54 Å². The third-order valence-electron chi connectivity index (χ3n) is 3.77. The Morgan fingerprint density at radius 1 is 1.15 bits per heavy atom. The number of benzene rings is 1. The van der Waals surface area contributed by atoms with Gasteiger partial charge in [-0.3, -0.25) is 9.59 Å². The van der Waals surface area contributed by atoms with Gasteiger partial charge in [-0.25, -0.2) is 0 Å². The molecule has 0 aliphatic carbocycles. The highest BCUT2D eigenvalue weighted by molar-refractivity contribution is 5.97. The average Bonchev–Trinajstić information content (AvgIpc) is 2.48. The van der Waals surface area contributed by atoms with E-state index < -0.39 is 6.04 Å². The smallest absolute Gasteiger partial charge is 0.250 e. The van der Waals surface area contributed by atoms with Crippen LogP contribution in [-0.2, 0) is 9.59 Å². The first-order chi connectivity index (χ1) is 9.69. The molecule has 2 rings (SSSR count). The first-order valence-electron chi connectivity index (χ1n) is 7.34. The zero-order valence-corrected chi connectivity index (χ0v) is 12.1. The lowest BCUT2D eigenvalue weighted by Gasteiger charge is -2.38. The van der Waals surface area contributed by atoms with E-state index in [9.17, 15) is 9.59 Å². The molecule has 1 N–H and O–H groups in total. The van der Waals surface area contributed by atoms with Crippen LogP contribution >= 0.6 is 0 Å². The normalized spacial score (nSPS) is 22.8. The van der Waals surface area contributed by atoms with E-state index in [1.807, 2.05) is 37.3 Å². The van der Waals surface area contributed by atoms with Gasteiger partial charge in [-0.2, -0.15) is 0 Å². The van der Waals surface area contributed by atoms with Gasteiger partial charge >= 0.3 is 0 Å². The lowest BCUT2D eigenvalue weighted by molar-refractivity contribution is -0.149. The van der Waals surface area contributed by atoms with Crippen LogP contribution in [-0.4, -0.2) is 29.3 Å². The summed E-state index contributed by atoms with van der Waals surface area (Å²) in [6.07, 6.45) is 2.59. The fraction of sp³-hybridized carbons (Fsp3) is 0.500. The number of rotatable bonds is 5. The second-order valence-corrected chi connectivity index (χ2v) is 5.16. The maximum atomic E-state index is 12.7. The summed E-state index contributed by atoms with van der Waals surface area (Å²) in [5.74, 6) is -0.0341. The van der Waals surface area contributed by atoms with Crippen LogP contribution in [0, 0.1) is 0 Å². The van der Waals surface area contributed by atoms with Gasteiger partial charge in [-0.05, 0) is 18.4 Å². The number of hydrogen-bond donors (Lipinski definition) is 1. The Morgan fingerprint density at radius 3 is 2.45 bits per heavy atom. The predicted molar refractivity (Wildman–Crippen MR) is 78.0 cm³/mol. The van der Waals surface area contributed by atoms with Crippen LogP contribution in [0.4, 0.5) is 0 Å². The zero-order valence-electron chi connectivity index (χ0n) is 12.1. The highest BCUT2D eigenvalue weighted by atomic mass is 16.2. The number of nitrogens with zero attached hydrogens (tertiary/aromatic N) is 1. The number of piperazine rings is 1. The molecular formula is C16H22N2O2. The number of carbonyl (C=O) groups excluding carboxylic acids is 2. The molecule has 108 valence electrons. The molecule has 4 nitrogen and oxygen atoms in total. The Hall–Kier alpha value is -1.84. The standard InChI is InChI=1S/C16H22N2O2/c1-3-5-11-18-13(4-2)15(19)17-14(16(18)20)12-9-7-6-8-10-12/h6-10,13-14H,3-5,11H2,1-2H3,(H,17,19). The Morgan fingerprint density at radius 2 is 1.85 bits per heavy atom. The van der Waals surface area contributed by atoms with E-state index in [1.165, 1.54) is 0 Å². The van der Waals surface area contributed by atoms with Gasteiger partial charge < -0.3 is 10.2 Å². The summed E-state index contributed by atoms with van der Waals surface area (Å²) < 4.78 is 0. The quantitative estimate of drug-likeness (QED) is 0.895. The van der Waals surface area contributed by atoms with Gasteiger partial charge in [0.25, 0.3) is 0 Å². The molecule has 20 heavy (non-hydrogen) atoms. The van der Waals surface area contributed by atoms with Crippen molar-refractivity contribution in [2.45, 2.75) is 45.2 Å². The molecule has 1 aromatic carbocycles. The molecule has 2 amide bonds. The molecule has 1 aliphatic heterocycles. The maximum Gasteiger partial charge on any atom is 0.250 e. The third-order valence-corrected chi connectivity index (χ3v) is 3.77. The van der Waals surface area contributed by atoms with E-state index in [1.54, 1.807) is 4.90 Å². The van der Waals surface area contributed by atoms with E-state index in [0.717, 1.165) is 18.4 Å². The summed E-state index contributed by atoms with van der Waals surface area (Å²) in [6.45, 7) is 4.69. The highest BCUT2D eigenvalue weighted by Gasteiger charge is 2.39. The SMILES string of the molecule is CCCCN1C(=O)C(c2ccccc2)NC(=O)C1CC. The van der Waals surface area contributed by atoms with Crippen LogP contribution in [0.5, 0.6) is 0 Å². The van der Waals surface area contributed by atoms with Crippen molar-refractivity contribution in [1.82, 2.24) is 10.2 Å². The van der Waals surface area contributed by atoms with Crippen LogP contribution in [0.25, 0.3) is 0 Å². The molecule has 4 heteroatoms. The Kier molecular flexibility index (Phi) is 4.77. The van der Waals surface area contributed by atoms with Gasteiger partial charge in [-0.1, -0.05) is 50.6 Å². The molecule has 2 atom stereocenters. The molecule has 0 bridgehead atoms. The summed E-state index contributed by atoms with van der Waals surface area (Å²) in [7, 11) is 0. The van der Waals surface area contributed by atoms with Gasteiger partial charge in [0.05, 0.1) is 0 Å². The molecule has 0 saturated carbocycles. The van der Waals surface area contributed by atoms with Crippen LogP contribution in [0.1, 0.15) is 44.7 Å². The monoisotopic (exact) mass is 274 g/mol. The number of unbranched alkanes of at least 4 members (excludes halogenated alkanes) is 1. The molecule has 1 heterocycles. The number of carbonyl (C=O) groups is 2. The van der Waals surface area contributed by atoms with Crippen molar-refractivity contribution in [3.8, 4) is 0 Å². The fourth-order valence-corrected chi connectivity index (χ4v) is 2.63. The number of hydrogen-bond acceptors (Lipinski definition) is 2. The molecule has 1 fully saturated rings. The van der Waals surface area contributed by atoms with Gasteiger partial charge in [0.2, 0.25) is 11.8 Å². The van der Waals surface area contributed by atoms with Crippen LogP contribution in [0.15, 0.2) is 30.3 Å². The van der Waals surface area contributed by atoms with Crippen molar-refractivity contribution in [1.29, 1.82) is 0 Å². The Balaban J connectivity index is 2.24. The molecule has 2 unspecified atom stereocenters. The van der Waals surface area contributed by atoms with Gasteiger partial charge in [0.15, 0.2) is 0 Å². The molecule has 1 aromatic rings. The lowest BCUT2D eigenvalue weighted by atomic mass is 9.99. The minimum absolute atomic E-state index is 0.0103. The second-order valence-electron chi connectivity index (χ2n) is 5.16. The van der Waals surface area contributed by atoms with Gasteiger partial charge in [0, 0.05) is 6.54 Å². The summed E-state index contributed by atoms with van der Waals surface area (Å²) in [6, 6.07) is 8.58. The van der Waals surface area contributed by atoms with E-state index in [4.69, 9.17) is 0 Å². The van der Waals surface area contributed by atoms with Crippen molar-refractivity contribution in [3.63, 3.8) is 0 Å². The zero-order chi connectivity index (χ0) is 14.5. The van der Waals surface area contributed by atoms with Crippen LogP contribution in [0.2, 0.25) is 0 Å². The first kappa shape index (κ1) is 14.6. The third kappa shape index (κ3) is 2.84. The minimum atomic E-state index is -0.539. The minimum Gasteiger partial charge on any atom is -0.339 e. The van der Waals surface area contributed by atoms with Crippen LogP contribution < -0.4 is 5.32 Å². The summed E-state index contributed by atoms with van der Waals surface area (Å²) in [5, 5.41) is 2.86. The topological polar surface area (TPSA) is 49.4 Å². The molecular weight excluding hydrogens is 252 g/mol. The van der Waals surface area contributed by atoms with E-state index in [2.05, 4.69) is 12.2 Å². The van der Waals surface area contributed by atoms with E-state index >= 15 is 0 Å². The molecule has 0 aromatic heterocycles. The lowest BCUT2D eigenvalue weighted by Crippen LogP contribution is -2.59. The summed E-state index contributed by atoms with van der Waals surface area (Å²) in [5.41, 5.74) is 0.849. The number of nitrogens with one attached hydrogen (secondary N) is 1. The first-order valence-corrected chi connectivity index (χ1v) is 7.34. The number of amides is 2. The summed E-state index contributed by atoms with van der Waals surface area (Å²) >= 11 is 0. The van der Waals surface area contributed by atoms with E-state index in [-0.39, 0.29) is 17.9 Å². The highest BCUT2D eigenvalue weighted by Crippen LogP contribution is 2.23. The van der Waals surface area contributed by atoms with Crippen molar-refractivity contribution in [3.05, 3.63) is 35.9 Å². The van der Waals surface area contributed by atoms with E-state index in [0.29, 0.717) is 13.0 Å². The fourth-order valence-electron chi connectivity index (χ4n) is 2.63. The van der Waals surface area contributed by atoms with Crippen LogP contribution in [0.3, 0.4) is 0 Å². The van der Waals surface area contributed by atoms with Crippen molar-refractivity contribution >= 4 is 11.8 Å². The van der Waals surface area contributed by atoms with Gasteiger partial charge in [0.1, 0.15) is 12.1 Å². The molecule has 0 radical (unpaired) electrons. The summed E-state index contributed by atoms with van der Waals surface area (Å²) in [4.78, 5) is 26.6. The Labute approximate surface area is 120 Å². The van der Waals surface area contributed by atoms with Gasteiger partial charge in [-0.15, -0.1) is 0 Å². The molecule has 0 spiro atoms. The largest absolute Gasteiger partial charge is 0.339 e. The maximum absolute atomic E-state index is 12.7. The molecule has 1 aliphatic rings. The Bertz CT molecular complexity index is 473. The average molecular weight is 274 g/mol.